The van der Waals surface area contributed by atoms with Crippen LogP contribution in [0.1, 0.15) is 26.2 Å². The van der Waals surface area contributed by atoms with Crippen LogP contribution in [-0.2, 0) is 9.53 Å². The van der Waals surface area contributed by atoms with Crippen molar-refractivity contribution in [3.05, 3.63) is 0 Å². The molecule has 1 rings (SSSR count). The molecule has 0 aromatic rings. The molecule has 1 saturated heterocycles. The van der Waals surface area contributed by atoms with Crippen molar-refractivity contribution < 1.29 is 9.53 Å². The second kappa shape index (κ2) is 6.33. The zero-order valence-corrected chi connectivity index (χ0v) is 10.3. The Morgan fingerprint density at radius 3 is 2.67 bits per heavy atom. The SMILES string of the molecule is CC(Cl)CCN(C)C(=O)C1CCOCC1. The van der Waals surface area contributed by atoms with E-state index < -0.39 is 0 Å². The minimum atomic E-state index is 0.134. The predicted octanol–water partition coefficient (Wildman–Crippen LogP) is 1.89. The number of amides is 1. The molecule has 0 aromatic carbocycles. The van der Waals surface area contributed by atoms with Gasteiger partial charge in [0.05, 0.1) is 0 Å². The first-order chi connectivity index (χ1) is 7.11. The van der Waals surface area contributed by atoms with Gasteiger partial charge in [-0.3, -0.25) is 4.79 Å². The largest absolute Gasteiger partial charge is 0.381 e. The maximum Gasteiger partial charge on any atom is 0.225 e. The van der Waals surface area contributed by atoms with Gasteiger partial charge in [-0.15, -0.1) is 11.6 Å². The van der Waals surface area contributed by atoms with E-state index in [1.54, 1.807) is 4.90 Å². The summed E-state index contributed by atoms with van der Waals surface area (Å²) in [6, 6.07) is 0. The highest BCUT2D eigenvalue weighted by molar-refractivity contribution is 6.20. The average Bonchev–Trinajstić information content (AvgIpc) is 2.26. The third kappa shape index (κ3) is 4.39. The summed E-state index contributed by atoms with van der Waals surface area (Å²) in [7, 11) is 1.86. The van der Waals surface area contributed by atoms with Crippen molar-refractivity contribution in [1.82, 2.24) is 4.90 Å². The maximum atomic E-state index is 11.9. The van der Waals surface area contributed by atoms with Crippen LogP contribution in [0.5, 0.6) is 0 Å². The van der Waals surface area contributed by atoms with Crippen LogP contribution in [0.25, 0.3) is 0 Å². The van der Waals surface area contributed by atoms with Crippen LogP contribution in [0.4, 0.5) is 0 Å². The fourth-order valence-electron chi connectivity index (χ4n) is 1.74. The third-order valence-corrected chi connectivity index (χ3v) is 3.03. The first-order valence-corrected chi connectivity index (χ1v) is 6.01. The van der Waals surface area contributed by atoms with Gasteiger partial charge in [-0.1, -0.05) is 0 Å². The van der Waals surface area contributed by atoms with Gasteiger partial charge in [-0.2, -0.15) is 0 Å². The predicted molar refractivity (Wildman–Crippen MR) is 61.1 cm³/mol. The summed E-state index contributed by atoms with van der Waals surface area (Å²) >= 11 is 5.85. The maximum absolute atomic E-state index is 11.9. The lowest BCUT2D eigenvalue weighted by atomic mass is 9.99. The summed E-state index contributed by atoms with van der Waals surface area (Å²) in [5, 5.41) is 0.134. The molecule has 0 aromatic heterocycles. The van der Waals surface area contributed by atoms with Crippen molar-refractivity contribution in [2.75, 3.05) is 26.8 Å². The molecule has 0 bridgehead atoms. The van der Waals surface area contributed by atoms with E-state index in [1.807, 2.05) is 14.0 Å². The lowest BCUT2D eigenvalue weighted by Gasteiger charge is -2.26. The van der Waals surface area contributed by atoms with E-state index in [2.05, 4.69) is 0 Å². The highest BCUT2D eigenvalue weighted by atomic mass is 35.5. The standard InChI is InChI=1S/C11H20ClNO2/c1-9(12)3-6-13(2)11(14)10-4-7-15-8-5-10/h9-10H,3-8H2,1-2H3. The first-order valence-electron chi connectivity index (χ1n) is 5.58. The van der Waals surface area contributed by atoms with E-state index in [4.69, 9.17) is 16.3 Å². The molecule has 0 radical (unpaired) electrons. The molecular weight excluding hydrogens is 214 g/mol. The zero-order valence-electron chi connectivity index (χ0n) is 9.54. The van der Waals surface area contributed by atoms with Gasteiger partial charge in [0.2, 0.25) is 5.91 Å². The van der Waals surface area contributed by atoms with Crippen molar-refractivity contribution >= 4 is 17.5 Å². The molecule has 15 heavy (non-hydrogen) atoms. The molecular formula is C11H20ClNO2. The monoisotopic (exact) mass is 233 g/mol. The lowest BCUT2D eigenvalue weighted by molar-refractivity contribution is -0.137. The number of ether oxygens (including phenoxy) is 1. The number of alkyl halides is 1. The van der Waals surface area contributed by atoms with Crippen molar-refractivity contribution in [3.63, 3.8) is 0 Å². The van der Waals surface area contributed by atoms with Gasteiger partial charge < -0.3 is 9.64 Å². The van der Waals surface area contributed by atoms with Crippen LogP contribution < -0.4 is 0 Å². The molecule has 1 unspecified atom stereocenters. The van der Waals surface area contributed by atoms with E-state index in [9.17, 15) is 4.79 Å². The fraction of sp³-hybridized carbons (Fsp3) is 0.909. The highest BCUT2D eigenvalue weighted by Gasteiger charge is 2.24. The molecule has 1 heterocycles. The van der Waals surface area contributed by atoms with Crippen molar-refractivity contribution in [1.29, 1.82) is 0 Å². The second-order valence-electron chi connectivity index (χ2n) is 4.22. The minimum absolute atomic E-state index is 0.134. The third-order valence-electron chi connectivity index (χ3n) is 2.81. The molecule has 1 fully saturated rings. The zero-order chi connectivity index (χ0) is 11.3. The van der Waals surface area contributed by atoms with Gasteiger partial charge in [-0.05, 0) is 26.2 Å². The molecule has 0 aliphatic carbocycles. The Kier molecular flexibility index (Phi) is 5.40. The number of nitrogens with zero attached hydrogens (tertiary/aromatic N) is 1. The fourth-order valence-corrected chi connectivity index (χ4v) is 1.84. The summed E-state index contributed by atoms with van der Waals surface area (Å²) in [4.78, 5) is 13.7. The molecule has 1 amide bonds. The van der Waals surface area contributed by atoms with Gasteiger partial charge in [0.15, 0.2) is 0 Å². The molecule has 1 atom stereocenters. The Balaban J connectivity index is 2.30. The van der Waals surface area contributed by atoms with Crippen molar-refractivity contribution in [3.8, 4) is 0 Å². The minimum Gasteiger partial charge on any atom is -0.381 e. The number of rotatable bonds is 4. The Morgan fingerprint density at radius 2 is 2.13 bits per heavy atom. The van der Waals surface area contributed by atoms with Crippen molar-refractivity contribution in [2.45, 2.75) is 31.6 Å². The molecule has 0 N–H and O–H groups in total. The van der Waals surface area contributed by atoms with E-state index in [1.165, 1.54) is 0 Å². The summed E-state index contributed by atoms with van der Waals surface area (Å²) in [6.45, 7) is 4.14. The molecule has 3 nitrogen and oxygen atoms in total. The van der Waals surface area contributed by atoms with Crippen molar-refractivity contribution in [2.24, 2.45) is 5.92 Å². The Labute approximate surface area is 96.7 Å². The summed E-state index contributed by atoms with van der Waals surface area (Å²) in [5.41, 5.74) is 0. The molecule has 0 saturated carbocycles. The number of carbonyl (C=O) groups excluding carboxylic acids is 1. The summed E-state index contributed by atoms with van der Waals surface area (Å²) in [5.74, 6) is 0.407. The highest BCUT2D eigenvalue weighted by Crippen LogP contribution is 2.17. The number of carbonyl (C=O) groups is 1. The van der Waals surface area contributed by atoms with Gasteiger partial charge in [0, 0.05) is 38.1 Å². The number of hydrogen-bond donors (Lipinski definition) is 0. The average molecular weight is 234 g/mol. The molecule has 1 aliphatic heterocycles. The van der Waals surface area contributed by atoms with Gasteiger partial charge in [0.1, 0.15) is 0 Å². The van der Waals surface area contributed by atoms with Gasteiger partial charge in [0.25, 0.3) is 0 Å². The van der Waals surface area contributed by atoms with Crippen LogP contribution in [0.2, 0.25) is 0 Å². The van der Waals surface area contributed by atoms with E-state index in [-0.39, 0.29) is 17.2 Å². The molecule has 4 heteroatoms. The van der Waals surface area contributed by atoms with Crippen LogP contribution in [-0.4, -0.2) is 43.0 Å². The Hall–Kier alpha value is -0.280. The number of halogens is 1. The second-order valence-corrected chi connectivity index (χ2v) is 4.96. The molecule has 0 spiro atoms. The van der Waals surface area contributed by atoms with Gasteiger partial charge in [-0.25, -0.2) is 0 Å². The Bertz CT molecular complexity index is 203. The van der Waals surface area contributed by atoms with E-state index in [0.29, 0.717) is 0 Å². The summed E-state index contributed by atoms with van der Waals surface area (Å²) < 4.78 is 5.24. The van der Waals surface area contributed by atoms with Crippen LogP contribution in [0.3, 0.4) is 0 Å². The molecule has 88 valence electrons. The van der Waals surface area contributed by atoms with Crippen LogP contribution >= 0.6 is 11.6 Å². The smallest absolute Gasteiger partial charge is 0.225 e. The number of hydrogen-bond acceptors (Lipinski definition) is 2. The lowest BCUT2D eigenvalue weighted by Crippen LogP contribution is -2.36. The quantitative estimate of drug-likeness (QED) is 0.694. The normalized spacial score (nSPS) is 19.9. The van der Waals surface area contributed by atoms with Crippen LogP contribution in [0, 0.1) is 5.92 Å². The Morgan fingerprint density at radius 1 is 1.53 bits per heavy atom. The van der Waals surface area contributed by atoms with Crippen LogP contribution in [0.15, 0.2) is 0 Å². The van der Waals surface area contributed by atoms with Gasteiger partial charge >= 0.3 is 0 Å². The molecule has 1 aliphatic rings. The topological polar surface area (TPSA) is 29.5 Å². The van der Waals surface area contributed by atoms with E-state index in [0.717, 1.165) is 39.0 Å². The summed E-state index contributed by atoms with van der Waals surface area (Å²) in [6.07, 6.45) is 2.58. The van der Waals surface area contributed by atoms with E-state index >= 15 is 0 Å². The first kappa shape index (κ1) is 12.8.